The average Bonchev–Trinajstić information content (AvgIpc) is 3.13. The fourth-order valence-electron chi connectivity index (χ4n) is 2.69. The van der Waals surface area contributed by atoms with Crippen molar-refractivity contribution in [3.63, 3.8) is 0 Å². The molecule has 7 heteroatoms. The van der Waals surface area contributed by atoms with Crippen LogP contribution in [0.3, 0.4) is 0 Å². The van der Waals surface area contributed by atoms with Crippen molar-refractivity contribution in [2.45, 2.75) is 13.0 Å². The van der Waals surface area contributed by atoms with Gasteiger partial charge in [-0.2, -0.15) is 0 Å². The van der Waals surface area contributed by atoms with E-state index in [0.29, 0.717) is 17.7 Å². The summed E-state index contributed by atoms with van der Waals surface area (Å²) in [6.45, 7) is 2.04. The first-order valence-corrected chi connectivity index (χ1v) is 8.47. The van der Waals surface area contributed by atoms with Gasteiger partial charge in [0.05, 0.1) is 5.56 Å². The molecule has 1 N–H and O–H groups in total. The molecule has 0 aromatic heterocycles. The molecule has 1 saturated heterocycles. The number of carbonyl (C=O) groups is 4. The van der Waals surface area contributed by atoms with Crippen molar-refractivity contribution in [3.8, 4) is 0 Å². The van der Waals surface area contributed by atoms with Crippen LogP contribution < -0.4 is 5.32 Å². The first-order valence-electron chi connectivity index (χ1n) is 8.47. The summed E-state index contributed by atoms with van der Waals surface area (Å²) in [5.41, 5.74) is 1.21. The average molecular weight is 366 g/mol. The number of hydrogen-bond donors (Lipinski definition) is 1. The van der Waals surface area contributed by atoms with Crippen LogP contribution in [0.1, 0.15) is 33.2 Å². The molecule has 0 radical (unpaired) electrons. The van der Waals surface area contributed by atoms with Gasteiger partial charge >= 0.3 is 12.0 Å². The van der Waals surface area contributed by atoms with Crippen LogP contribution in [-0.4, -0.2) is 47.8 Å². The molecular formula is C20H18N2O5. The van der Waals surface area contributed by atoms with E-state index in [9.17, 15) is 19.2 Å². The van der Waals surface area contributed by atoms with Gasteiger partial charge in [-0.3, -0.25) is 14.5 Å². The van der Waals surface area contributed by atoms with Crippen molar-refractivity contribution in [2.24, 2.45) is 0 Å². The fourth-order valence-corrected chi connectivity index (χ4v) is 2.69. The molecular weight excluding hydrogens is 348 g/mol. The van der Waals surface area contributed by atoms with Gasteiger partial charge in [-0.25, -0.2) is 9.59 Å². The fraction of sp³-hybridized carbons (Fsp3) is 0.200. The highest BCUT2D eigenvalue weighted by Crippen LogP contribution is 2.13. The number of esters is 1. The van der Waals surface area contributed by atoms with Crippen LogP contribution >= 0.6 is 0 Å². The summed E-state index contributed by atoms with van der Waals surface area (Å²) in [4.78, 5) is 49.3. The lowest BCUT2D eigenvalue weighted by atomic mass is 10.0. The zero-order chi connectivity index (χ0) is 19.4. The molecule has 0 unspecified atom stereocenters. The van der Waals surface area contributed by atoms with Gasteiger partial charge in [-0.1, -0.05) is 42.5 Å². The van der Waals surface area contributed by atoms with Gasteiger partial charge in [-0.05, 0) is 19.1 Å². The van der Waals surface area contributed by atoms with Gasteiger partial charge in [0, 0.05) is 24.2 Å². The number of carbonyl (C=O) groups excluding carboxylic acids is 4. The normalized spacial score (nSPS) is 14.4. The Kier molecular flexibility index (Phi) is 5.30. The van der Waals surface area contributed by atoms with Crippen LogP contribution in [0.2, 0.25) is 0 Å². The van der Waals surface area contributed by atoms with Gasteiger partial charge in [0.2, 0.25) is 0 Å². The number of ether oxygens (including phenoxy) is 1. The quantitative estimate of drug-likeness (QED) is 0.645. The summed E-state index contributed by atoms with van der Waals surface area (Å²) in [7, 11) is 0. The lowest BCUT2D eigenvalue weighted by molar-refractivity contribution is -0.136. The van der Waals surface area contributed by atoms with E-state index in [1.165, 1.54) is 31.2 Å². The van der Waals surface area contributed by atoms with E-state index in [2.05, 4.69) is 5.32 Å². The minimum atomic E-state index is -1.09. The van der Waals surface area contributed by atoms with E-state index in [1.54, 1.807) is 24.3 Å². The zero-order valence-electron chi connectivity index (χ0n) is 14.7. The monoisotopic (exact) mass is 366 g/mol. The van der Waals surface area contributed by atoms with E-state index in [0.717, 1.165) is 4.90 Å². The van der Waals surface area contributed by atoms with Gasteiger partial charge in [0.15, 0.2) is 11.9 Å². The molecule has 2 aromatic carbocycles. The summed E-state index contributed by atoms with van der Waals surface area (Å²) >= 11 is 0. The molecule has 0 saturated carbocycles. The molecule has 3 amide bonds. The van der Waals surface area contributed by atoms with E-state index >= 15 is 0 Å². The maximum Gasteiger partial charge on any atom is 0.338 e. The zero-order valence-corrected chi connectivity index (χ0v) is 14.7. The maximum absolute atomic E-state index is 12.4. The molecule has 1 fully saturated rings. The minimum absolute atomic E-state index is 0.154. The summed E-state index contributed by atoms with van der Waals surface area (Å²) < 4.78 is 5.15. The Morgan fingerprint density at radius 3 is 2.15 bits per heavy atom. The molecule has 1 aliphatic heterocycles. The smallest absolute Gasteiger partial charge is 0.338 e. The van der Waals surface area contributed by atoms with Crippen molar-refractivity contribution in [1.82, 2.24) is 10.2 Å². The van der Waals surface area contributed by atoms with E-state index in [-0.39, 0.29) is 17.9 Å². The Morgan fingerprint density at radius 1 is 0.963 bits per heavy atom. The van der Waals surface area contributed by atoms with Crippen LogP contribution in [0.5, 0.6) is 0 Å². The van der Waals surface area contributed by atoms with Crippen LogP contribution in [0.4, 0.5) is 4.79 Å². The molecule has 0 spiro atoms. The standard InChI is InChI=1S/C20H18N2O5/c1-13(18(24)22-12-11-21-20(22)26)27-19(25)16-9-7-15(8-10-16)17(23)14-5-3-2-4-6-14/h2-10,13H,11-12H2,1H3,(H,21,26)/t13-/m1/s1. The molecule has 1 aliphatic rings. The number of benzene rings is 2. The largest absolute Gasteiger partial charge is 0.449 e. The number of nitrogens with zero attached hydrogens (tertiary/aromatic N) is 1. The lowest BCUT2D eigenvalue weighted by Gasteiger charge is -2.18. The van der Waals surface area contributed by atoms with Crippen LogP contribution in [0, 0.1) is 0 Å². The number of urea groups is 1. The van der Waals surface area contributed by atoms with E-state index < -0.39 is 24.0 Å². The highest BCUT2D eigenvalue weighted by Gasteiger charge is 2.31. The molecule has 7 nitrogen and oxygen atoms in total. The Bertz CT molecular complexity index is 877. The predicted octanol–water partition coefficient (Wildman–Crippen LogP) is 2.01. The summed E-state index contributed by atoms with van der Waals surface area (Å²) in [5, 5.41) is 2.51. The lowest BCUT2D eigenvalue weighted by Crippen LogP contribution is -2.41. The maximum atomic E-state index is 12.4. The second-order valence-corrected chi connectivity index (χ2v) is 6.04. The second kappa shape index (κ2) is 7.82. The SMILES string of the molecule is C[C@@H](OC(=O)c1ccc(C(=O)c2ccccc2)cc1)C(=O)N1CCNC1=O. The third-order valence-electron chi connectivity index (χ3n) is 4.17. The van der Waals surface area contributed by atoms with Crippen molar-refractivity contribution < 1.29 is 23.9 Å². The number of rotatable bonds is 5. The van der Waals surface area contributed by atoms with Crippen molar-refractivity contribution >= 4 is 23.7 Å². The first-order chi connectivity index (χ1) is 13.0. The molecule has 138 valence electrons. The second-order valence-electron chi connectivity index (χ2n) is 6.04. The van der Waals surface area contributed by atoms with Gasteiger partial charge < -0.3 is 10.1 Å². The molecule has 27 heavy (non-hydrogen) atoms. The highest BCUT2D eigenvalue weighted by molar-refractivity contribution is 6.09. The summed E-state index contributed by atoms with van der Waals surface area (Å²) in [6.07, 6.45) is -1.09. The van der Waals surface area contributed by atoms with Crippen molar-refractivity contribution in [2.75, 3.05) is 13.1 Å². The molecule has 2 aromatic rings. The number of nitrogens with one attached hydrogen (secondary N) is 1. The van der Waals surface area contributed by atoms with Crippen LogP contribution in [-0.2, 0) is 9.53 Å². The third-order valence-corrected chi connectivity index (χ3v) is 4.17. The summed E-state index contributed by atoms with van der Waals surface area (Å²) in [6, 6.07) is 14.3. The highest BCUT2D eigenvalue weighted by atomic mass is 16.5. The van der Waals surface area contributed by atoms with Crippen molar-refractivity contribution in [3.05, 3.63) is 71.3 Å². The van der Waals surface area contributed by atoms with Gasteiger partial charge in [0.1, 0.15) is 0 Å². The number of ketones is 1. The van der Waals surface area contributed by atoms with Crippen LogP contribution in [0.15, 0.2) is 54.6 Å². The van der Waals surface area contributed by atoms with Crippen molar-refractivity contribution in [1.29, 1.82) is 0 Å². The molecule has 1 heterocycles. The molecule has 0 bridgehead atoms. The topological polar surface area (TPSA) is 92.8 Å². The van der Waals surface area contributed by atoms with E-state index in [1.807, 2.05) is 6.07 Å². The van der Waals surface area contributed by atoms with Gasteiger partial charge in [0.25, 0.3) is 5.91 Å². The van der Waals surface area contributed by atoms with Crippen LogP contribution in [0.25, 0.3) is 0 Å². The predicted molar refractivity (Wildman–Crippen MR) is 96.3 cm³/mol. The molecule has 0 aliphatic carbocycles. The van der Waals surface area contributed by atoms with E-state index in [4.69, 9.17) is 4.74 Å². The first kappa shape index (κ1) is 18.3. The Balaban J connectivity index is 1.64. The molecule has 3 rings (SSSR count). The molecule has 1 atom stereocenters. The Morgan fingerprint density at radius 2 is 1.56 bits per heavy atom. The third kappa shape index (κ3) is 4.03. The summed E-state index contributed by atoms with van der Waals surface area (Å²) in [5.74, 6) is -1.43. The minimum Gasteiger partial charge on any atom is -0.449 e. The Labute approximate surface area is 155 Å². The number of imide groups is 1. The Hall–Kier alpha value is -3.48. The number of hydrogen-bond acceptors (Lipinski definition) is 5. The number of amides is 3. The van der Waals surface area contributed by atoms with Gasteiger partial charge in [-0.15, -0.1) is 0 Å².